The zero-order chi connectivity index (χ0) is 16.7. The molecular formula is C17H19FN2O2S. The molecule has 2 aromatic carbocycles. The Kier molecular flexibility index (Phi) is 6.43. The van der Waals surface area contributed by atoms with Crippen LogP contribution in [-0.2, 0) is 0 Å². The standard InChI is InChI=1S/C17H19FN2O2S/c1-3-9-22-13-10-12(2)16(18)15(11-13)17(21)19-20-23-14-7-5-4-6-8-14/h4-8,10-11,20H,3,9H2,1-2H3,(H,19,21). The second-order valence-electron chi connectivity index (χ2n) is 4.92. The molecule has 2 rings (SSSR count). The Morgan fingerprint density at radius 1 is 1.26 bits per heavy atom. The molecule has 0 fully saturated rings. The van der Waals surface area contributed by atoms with E-state index >= 15 is 0 Å². The van der Waals surface area contributed by atoms with E-state index in [0.717, 1.165) is 11.3 Å². The van der Waals surface area contributed by atoms with Crippen LogP contribution in [0.4, 0.5) is 4.39 Å². The minimum Gasteiger partial charge on any atom is -0.494 e. The molecule has 0 saturated heterocycles. The number of carbonyl (C=O) groups is 1. The zero-order valence-corrected chi connectivity index (χ0v) is 13.9. The number of hydrogen-bond donors (Lipinski definition) is 2. The number of amides is 1. The third-order valence-corrected chi connectivity index (χ3v) is 3.73. The first-order chi connectivity index (χ1) is 11.1. The van der Waals surface area contributed by atoms with Crippen LogP contribution in [0.5, 0.6) is 5.75 Å². The van der Waals surface area contributed by atoms with Gasteiger partial charge in [-0.3, -0.25) is 10.2 Å². The van der Waals surface area contributed by atoms with Gasteiger partial charge in [-0.15, -0.1) is 0 Å². The quantitative estimate of drug-likeness (QED) is 0.596. The van der Waals surface area contributed by atoms with E-state index in [0.29, 0.717) is 17.9 Å². The van der Waals surface area contributed by atoms with Gasteiger partial charge < -0.3 is 4.74 Å². The van der Waals surface area contributed by atoms with Crippen molar-refractivity contribution in [2.24, 2.45) is 0 Å². The molecule has 0 atom stereocenters. The lowest BCUT2D eigenvalue weighted by Gasteiger charge is -2.11. The predicted molar refractivity (Wildman–Crippen MR) is 89.8 cm³/mol. The van der Waals surface area contributed by atoms with Crippen LogP contribution in [0.25, 0.3) is 0 Å². The summed E-state index contributed by atoms with van der Waals surface area (Å²) in [5.41, 5.74) is 2.81. The highest BCUT2D eigenvalue weighted by Gasteiger charge is 2.15. The Bertz CT molecular complexity index is 665. The van der Waals surface area contributed by atoms with Crippen molar-refractivity contribution in [3.63, 3.8) is 0 Å². The van der Waals surface area contributed by atoms with Gasteiger partial charge in [0.05, 0.1) is 12.2 Å². The maximum Gasteiger partial charge on any atom is 0.269 e. The van der Waals surface area contributed by atoms with Crippen LogP contribution < -0.4 is 15.0 Å². The topological polar surface area (TPSA) is 50.4 Å². The number of halogens is 1. The van der Waals surface area contributed by atoms with Crippen molar-refractivity contribution in [1.29, 1.82) is 0 Å². The molecule has 1 amide bonds. The van der Waals surface area contributed by atoms with E-state index in [4.69, 9.17) is 4.74 Å². The fourth-order valence-electron chi connectivity index (χ4n) is 1.89. The second-order valence-corrected chi connectivity index (χ2v) is 5.80. The van der Waals surface area contributed by atoms with E-state index in [1.807, 2.05) is 37.3 Å². The van der Waals surface area contributed by atoms with E-state index < -0.39 is 11.7 Å². The lowest BCUT2D eigenvalue weighted by Crippen LogP contribution is -2.33. The molecule has 0 aliphatic rings. The summed E-state index contributed by atoms with van der Waals surface area (Å²) in [7, 11) is 0. The summed E-state index contributed by atoms with van der Waals surface area (Å²) < 4.78 is 19.6. The van der Waals surface area contributed by atoms with Crippen molar-refractivity contribution in [2.45, 2.75) is 25.2 Å². The van der Waals surface area contributed by atoms with Gasteiger partial charge in [0.2, 0.25) is 0 Å². The van der Waals surface area contributed by atoms with Crippen molar-refractivity contribution in [1.82, 2.24) is 10.3 Å². The molecule has 2 N–H and O–H groups in total. The van der Waals surface area contributed by atoms with E-state index in [1.54, 1.807) is 13.0 Å². The lowest BCUT2D eigenvalue weighted by atomic mass is 10.1. The molecule has 0 radical (unpaired) electrons. The normalized spacial score (nSPS) is 10.4. The SMILES string of the molecule is CCCOc1cc(C)c(F)c(C(=O)NNSc2ccccc2)c1. The van der Waals surface area contributed by atoms with Crippen LogP contribution >= 0.6 is 11.9 Å². The van der Waals surface area contributed by atoms with Crippen LogP contribution in [0.2, 0.25) is 0 Å². The van der Waals surface area contributed by atoms with Gasteiger partial charge in [-0.1, -0.05) is 25.1 Å². The number of benzene rings is 2. The Balaban J connectivity index is 2.01. The monoisotopic (exact) mass is 334 g/mol. The number of rotatable bonds is 7. The molecule has 0 aliphatic heterocycles. The van der Waals surface area contributed by atoms with E-state index in [1.165, 1.54) is 18.0 Å². The molecule has 0 spiro atoms. The Hall–Kier alpha value is -2.05. The fraction of sp³-hybridized carbons (Fsp3) is 0.235. The maximum atomic E-state index is 14.2. The van der Waals surface area contributed by atoms with Crippen LogP contribution in [0.15, 0.2) is 47.4 Å². The van der Waals surface area contributed by atoms with Gasteiger partial charge in [0.25, 0.3) is 5.91 Å². The van der Waals surface area contributed by atoms with Crippen molar-refractivity contribution in [2.75, 3.05) is 6.61 Å². The number of ether oxygens (including phenoxy) is 1. The average Bonchev–Trinajstić information content (AvgIpc) is 2.56. The van der Waals surface area contributed by atoms with Gasteiger partial charge >= 0.3 is 0 Å². The third kappa shape index (κ3) is 4.97. The number of nitrogens with one attached hydrogen (secondary N) is 2. The minimum absolute atomic E-state index is 0.0442. The van der Waals surface area contributed by atoms with Crippen molar-refractivity contribution < 1.29 is 13.9 Å². The van der Waals surface area contributed by atoms with Crippen molar-refractivity contribution in [3.8, 4) is 5.75 Å². The van der Waals surface area contributed by atoms with E-state index in [2.05, 4.69) is 10.3 Å². The molecule has 122 valence electrons. The van der Waals surface area contributed by atoms with E-state index in [9.17, 15) is 9.18 Å². The fourth-order valence-corrected chi connectivity index (χ4v) is 2.45. The van der Waals surface area contributed by atoms with Gasteiger partial charge in [-0.25, -0.2) is 4.39 Å². The van der Waals surface area contributed by atoms with Crippen LogP contribution in [-0.4, -0.2) is 12.5 Å². The molecular weight excluding hydrogens is 315 g/mol. The van der Waals surface area contributed by atoms with Crippen molar-refractivity contribution in [3.05, 3.63) is 59.4 Å². The Morgan fingerprint density at radius 3 is 2.70 bits per heavy atom. The summed E-state index contributed by atoms with van der Waals surface area (Å²) in [6.07, 6.45) is 0.841. The summed E-state index contributed by atoms with van der Waals surface area (Å²) in [5, 5.41) is 0. The first-order valence-corrected chi connectivity index (χ1v) is 8.13. The second kappa shape index (κ2) is 8.55. The van der Waals surface area contributed by atoms with E-state index in [-0.39, 0.29) is 5.56 Å². The average molecular weight is 334 g/mol. The first-order valence-electron chi connectivity index (χ1n) is 7.32. The molecule has 2 aromatic rings. The molecule has 0 aromatic heterocycles. The molecule has 4 nitrogen and oxygen atoms in total. The summed E-state index contributed by atoms with van der Waals surface area (Å²) in [6, 6.07) is 12.5. The highest BCUT2D eigenvalue weighted by molar-refractivity contribution is 7.97. The molecule has 0 aliphatic carbocycles. The molecule has 6 heteroatoms. The highest BCUT2D eigenvalue weighted by atomic mass is 32.2. The Labute approximate surface area is 139 Å². The predicted octanol–water partition coefficient (Wildman–Crippen LogP) is 3.86. The number of aryl methyl sites for hydroxylation is 1. The molecule has 0 saturated carbocycles. The van der Waals surface area contributed by atoms with Gasteiger partial charge in [-0.2, -0.15) is 4.83 Å². The highest BCUT2D eigenvalue weighted by Crippen LogP contribution is 2.21. The smallest absolute Gasteiger partial charge is 0.269 e. The molecule has 23 heavy (non-hydrogen) atoms. The number of carbonyl (C=O) groups excluding carboxylic acids is 1. The van der Waals surface area contributed by atoms with Gasteiger partial charge in [0.15, 0.2) is 0 Å². The summed E-state index contributed by atoms with van der Waals surface area (Å²) >= 11 is 1.24. The van der Waals surface area contributed by atoms with Crippen LogP contribution in [0.3, 0.4) is 0 Å². The number of hydrazine groups is 1. The first kappa shape index (κ1) is 17.3. The Morgan fingerprint density at radius 2 is 2.00 bits per heavy atom. The third-order valence-electron chi connectivity index (χ3n) is 3.02. The molecule has 0 unspecified atom stereocenters. The van der Waals surface area contributed by atoms with Gasteiger partial charge in [0.1, 0.15) is 11.6 Å². The zero-order valence-electron chi connectivity index (χ0n) is 13.1. The van der Waals surface area contributed by atoms with Gasteiger partial charge in [0, 0.05) is 4.90 Å². The summed E-state index contributed by atoms with van der Waals surface area (Å²) in [6.45, 7) is 4.11. The maximum absolute atomic E-state index is 14.2. The largest absolute Gasteiger partial charge is 0.494 e. The summed E-state index contributed by atoms with van der Waals surface area (Å²) in [5.74, 6) is -0.597. The summed E-state index contributed by atoms with van der Waals surface area (Å²) in [4.78, 5) is 15.8. The molecule has 0 heterocycles. The number of hydrogen-bond acceptors (Lipinski definition) is 4. The van der Waals surface area contributed by atoms with Crippen molar-refractivity contribution >= 4 is 17.9 Å². The van der Waals surface area contributed by atoms with Gasteiger partial charge in [-0.05, 0) is 55.1 Å². The lowest BCUT2D eigenvalue weighted by molar-refractivity contribution is 0.0942. The molecule has 0 bridgehead atoms. The van der Waals surface area contributed by atoms with Crippen LogP contribution in [0.1, 0.15) is 29.3 Å². The minimum atomic E-state index is -0.545. The van der Waals surface area contributed by atoms with Crippen LogP contribution in [0, 0.1) is 12.7 Å².